The lowest BCUT2D eigenvalue weighted by atomic mass is 10.2. The highest BCUT2D eigenvalue weighted by atomic mass is 79.9. The van der Waals surface area contributed by atoms with Gasteiger partial charge in [-0.05, 0) is 22.9 Å². The van der Waals surface area contributed by atoms with E-state index in [-0.39, 0.29) is 17.0 Å². The Morgan fingerprint density at radius 3 is 2.36 bits per heavy atom. The van der Waals surface area contributed by atoms with Gasteiger partial charge in [-0.15, -0.1) is 17.0 Å². The highest BCUT2D eigenvalue weighted by molar-refractivity contribution is 9.10. The molecular weight excluding hydrogens is 308 g/mol. The van der Waals surface area contributed by atoms with Gasteiger partial charge in [0.2, 0.25) is 0 Å². The molecule has 2 nitrogen and oxygen atoms in total. The van der Waals surface area contributed by atoms with E-state index >= 15 is 0 Å². The lowest BCUT2D eigenvalue weighted by Crippen LogP contribution is -1.77. The SMILES string of the molecule is Br.Cc1nc(Br)c(-c2ccccc2)[nH]1. The lowest BCUT2D eigenvalue weighted by molar-refractivity contribution is 1.14. The molecule has 74 valence electrons. The number of hydrogen-bond acceptors (Lipinski definition) is 1. The minimum Gasteiger partial charge on any atom is -0.341 e. The van der Waals surface area contributed by atoms with Crippen molar-refractivity contribution in [2.45, 2.75) is 6.92 Å². The Labute approximate surface area is 102 Å². The maximum Gasteiger partial charge on any atom is 0.132 e. The molecule has 0 spiro atoms. The number of imidazole rings is 1. The van der Waals surface area contributed by atoms with E-state index in [1.807, 2.05) is 25.1 Å². The Kier molecular flexibility index (Phi) is 3.89. The van der Waals surface area contributed by atoms with Crippen molar-refractivity contribution in [3.63, 3.8) is 0 Å². The zero-order valence-corrected chi connectivity index (χ0v) is 10.9. The number of rotatable bonds is 1. The van der Waals surface area contributed by atoms with Crippen molar-refractivity contribution in [3.8, 4) is 11.3 Å². The van der Waals surface area contributed by atoms with Crippen molar-refractivity contribution in [3.05, 3.63) is 40.8 Å². The fraction of sp³-hybridized carbons (Fsp3) is 0.100. The van der Waals surface area contributed by atoms with E-state index in [2.05, 4.69) is 38.0 Å². The normalized spacial score (nSPS) is 9.57. The summed E-state index contributed by atoms with van der Waals surface area (Å²) in [7, 11) is 0. The van der Waals surface area contributed by atoms with E-state index < -0.39 is 0 Å². The third-order valence-electron chi connectivity index (χ3n) is 1.84. The molecule has 1 heterocycles. The molecule has 0 atom stereocenters. The number of nitrogens with one attached hydrogen (secondary N) is 1. The smallest absolute Gasteiger partial charge is 0.132 e. The minimum absolute atomic E-state index is 0. The molecule has 4 heteroatoms. The maximum absolute atomic E-state index is 4.25. The monoisotopic (exact) mass is 316 g/mol. The van der Waals surface area contributed by atoms with E-state index in [0.29, 0.717) is 0 Å². The first kappa shape index (κ1) is 11.5. The molecule has 1 N–H and O–H groups in total. The van der Waals surface area contributed by atoms with Crippen LogP contribution in [-0.4, -0.2) is 9.97 Å². The summed E-state index contributed by atoms with van der Waals surface area (Å²) in [6, 6.07) is 10.1. The summed E-state index contributed by atoms with van der Waals surface area (Å²) >= 11 is 3.41. The van der Waals surface area contributed by atoms with Crippen LogP contribution in [0.15, 0.2) is 34.9 Å². The largest absolute Gasteiger partial charge is 0.341 e. The summed E-state index contributed by atoms with van der Waals surface area (Å²) < 4.78 is 0.871. The van der Waals surface area contributed by atoms with E-state index in [0.717, 1.165) is 21.7 Å². The molecule has 2 rings (SSSR count). The first-order valence-corrected chi connectivity index (χ1v) is 4.84. The number of aromatic nitrogens is 2. The van der Waals surface area contributed by atoms with Gasteiger partial charge in [-0.25, -0.2) is 4.98 Å². The summed E-state index contributed by atoms with van der Waals surface area (Å²) in [6.45, 7) is 1.94. The molecule has 0 fully saturated rings. The molecule has 0 aliphatic heterocycles. The van der Waals surface area contributed by atoms with E-state index in [4.69, 9.17) is 0 Å². The molecular formula is C10H10Br2N2. The van der Waals surface area contributed by atoms with Crippen LogP contribution in [0.4, 0.5) is 0 Å². The first-order chi connectivity index (χ1) is 6.27. The van der Waals surface area contributed by atoms with Crippen LogP contribution in [-0.2, 0) is 0 Å². The molecule has 0 saturated heterocycles. The minimum atomic E-state index is 0. The number of H-pyrrole nitrogens is 1. The first-order valence-electron chi connectivity index (χ1n) is 4.05. The van der Waals surface area contributed by atoms with Gasteiger partial charge in [-0.1, -0.05) is 30.3 Å². The maximum atomic E-state index is 4.25. The van der Waals surface area contributed by atoms with Gasteiger partial charge in [0, 0.05) is 5.56 Å². The predicted molar refractivity (Wildman–Crippen MR) is 66.8 cm³/mol. The number of halogens is 2. The molecule has 0 radical (unpaired) electrons. The molecule has 0 saturated carbocycles. The Hall–Kier alpha value is -0.610. The summed E-state index contributed by atoms with van der Waals surface area (Å²) in [6.07, 6.45) is 0. The Balaban J connectivity index is 0.000000980. The van der Waals surface area contributed by atoms with Crippen molar-refractivity contribution in [1.82, 2.24) is 9.97 Å². The zero-order chi connectivity index (χ0) is 9.26. The van der Waals surface area contributed by atoms with Gasteiger partial charge in [0.15, 0.2) is 0 Å². The summed E-state index contributed by atoms with van der Waals surface area (Å²) in [5.74, 6) is 0.922. The highest BCUT2D eigenvalue weighted by Gasteiger charge is 2.05. The van der Waals surface area contributed by atoms with Gasteiger partial charge in [0.05, 0.1) is 5.69 Å². The van der Waals surface area contributed by atoms with Crippen molar-refractivity contribution in [1.29, 1.82) is 0 Å². The van der Waals surface area contributed by atoms with Crippen LogP contribution in [0.2, 0.25) is 0 Å². The Morgan fingerprint density at radius 1 is 1.21 bits per heavy atom. The van der Waals surface area contributed by atoms with E-state index in [1.54, 1.807) is 0 Å². The van der Waals surface area contributed by atoms with Gasteiger partial charge in [0.1, 0.15) is 10.4 Å². The summed E-state index contributed by atoms with van der Waals surface area (Å²) in [5.41, 5.74) is 2.19. The van der Waals surface area contributed by atoms with Gasteiger partial charge in [-0.3, -0.25) is 0 Å². The van der Waals surface area contributed by atoms with Crippen molar-refractivity contribution < 1.29 is 0 Å². The molecule has 0 bridgehead atoms. The van der Waals surface area contributed by atoms with Crippen LogP contribution < -0.4 is 0 Å². The molecule has 0 aliphatic carbocycles. The molecule has 14 heavy (non-hydrogen) atoms. The van der Waals surface area contributed by atoms with Crippen molar-refractivity contribution in [2.75, 3.05) is 0 Å². The van der Waals surface area contributed by atoms with Crippen LogP contribution in [0, 0.1) is 6.92 Å². The summed E-state index contributed by atoms with van der Waals surface area (Å²) in [5, 5.41) is 0. The second-order valence-electron chi connectivity index (χ2n) is 2.85. The number of hydrogen-bond donors (Lipinski definition) is 1. The van der Waals surface area contributed by atoms with Crippen molar-refractivity contribution >= 4 is 32.9 Å². The molecule has 0 amide bonds. The van der Waals surface area contributed by atoms with Crippen molar-refractivity contribution in [2.24, 2.45) is 0 Å². The second-order valence-corrected chi connectivity index (χ2v) is 3.61. The average molecular weight is 318 g/mol. The van der Waals surface area contributed by atoms with Gasteiger partial charge < -0.3 is 4.98 Å². The molecule has 1 aromatic heterocycles. The fourth-order valence-electron chi connectivity index (χ4n) is 1.26. The van der Waals surface area contributed by atoms with Crippen LogP contribution in [0.3, 0.4) is 0 Å². The molecule has 0 aliphatic rings. The fourth-order valence-corrected chi connectivity index (χ4v) is 1.85. The standard InChI is InChI=1S/C10H9BrN2.BrH/c1-7-12-9(10(11)13-7)8-5-3-2-4-6-8;/h2-6H,1H3,(H,12,13);1H. The molecule has 2 aromatic rings. The summed E-state index contributed by atoms with van der Waals surface area (Å²) in [4.78, 5) is 7.45. The number of aromatic amines is 1. The van der Waals surface area contributed by atoms with Gasteiger partial charge in [0.25, 0.3) is 0 Å². The molecule has 1 aromatic carbocycles. The van der Waals surface area contributed by atoms with Crippen LogP contribution >= 0.6 is 32.9 Å². The zero-order valence-electron chi connectivity index (χ0n) is 7.62. The number of benzene rings is 1. The Morgan fingerprint density at radius 2 is 1.86 bits per heavy atom. The highest BCUT2D eigenvalue weighted by Crippen LogP contribution is 2.24. The topological polar surface area (TPSA) is 28.7 Å². The number of nitrogens with zero attached hydrogens (tertiary/aromatic N) is 1. The lowest BCUT2D eigenvalue weighted by Gasteiger charge is -1.96. The third kappa shape index (κ3) is 2.25. The van der Waals surface area contributed by atoms with Gasteiger partial charge in [-0.2, -0.15) is 0 Å². The van der Waals surface area contributed by atoms with Crippen LogP contribution in [0.5, 0.6) is 0 Å². The predicted octanol–water partition coefficient (Wildman–Crippen LogP) is 3.73. The number of aryl methyl sites for hydroxylation is 1. The van der Waals surface area contributed by atoms with E-state index in [9.17, 15) is 0 Å². The second kappa shape index (κ2) is 4.75. The average Bonchev–Trinajstić information content (AvgIpc) is 2.47. The van der Waals surface area contributed by atoms with Crippen LogP contribution in [0.25, 0.3) is 11.3 Å². The van der Waals surface area contributed by atoms with Gasteiger partial charge >= 0.3 is 0 Å². The third-order valence-corrected chi connectivity index (χ3v) is 2.41. The molecule has 0 unspecified atom stereocenters. The van der Waals surface area contributed by atoms with E-state index in [1.165, 1.54) is 0 Å². The van der Waals surface area contributed by atoms with Crippen LogP contribution in [0.1, 0.15) is 5.82 Å². The Bertz CT molecular complexity index is 409. The quantitative estimate of drug-likeness (QED) is 0.853.